The van der Waals surface area contributed by atoms with E-state index < -0.39 is 5.91 Å². The Labute approximate surface area is 220 Å². The first-order valence-electron chi connectivity index (χ1n) is 12.2. The fraction of sp³-hybridized carbons (Fsp3) is 0.370. The van der Waals surface area contributed by atoms with E-state index in [-0.39, 0.29) is 39.5 Å². The van der Waals surface area contributed by atoms with Gasteiger partial charge in [0.1, 0.15) is 17.2 Å². The Morgan fingerprint density at radius 2 is 1.76 bits per heavy atom. The van der Waals surface area contributed by atoms with Crippen molar-refractivity contribution in [2.75, 3.05) is 19.8 Å². The van der Waals surface area contributed by atoms with Gasteiger partial charge in [0.15, 0.2) is 11.5 Å². The fourth-order valence-corrected chi connectivity index (χ4v) is 3.90. The van der Waals surface area contributed by atoms with Crippen LogP contribution in [0.4, 0.5) is 0 Å². The molecule has 198 valence electrons. The lowest BCUT2D eigenvalue weighted by Crippen LogP contribution is -2.23. The van der Waals surface area contributed by atoms with Crippen LogP contribution >= 0.6 is 11.6 Å². The Kier molecular flexibility index (Phi) is 10.2. The number of aromatic hydroxyl groups is 2. The normalized spacial score (nSPS) is 10.8. The molecule has 2 aromatic carbocycles. The topological polar surface area (TPSA) is 131 Å². The molecule has 10 heteroatoms. The van der Waals surface area contributed by atoms with Gasteiger partial charge in [0.25, 0.3) is 5.91 Å². The summed E-state index contributed by atoms with van der Waals surface area (Å²) in [5, 5.41) is 26.9. The standard InChI is InChI=1S/C27H31ClN2O7/c1-3-29-27(34)25-24(26(37-30-25)19-15-20(28)22(32)16-21(19)31)17-10-12-18(13-11-17)36-14-8-6-5-7-9-23(33)35-4-2/h10-13,15-16,31-32H,3-9,14H2,1-2H3,(H,29,34). The first-order valence-corrected chi connectivity index (χ1v) is 12.6. The van der Waals surface area contributed by atoms with Crippen molar-refractivity contribution in [1.29, 1.82) is 0 Å². The first kappa shape index (κ1) is 27.9. The Bertz CT molecular complexity index is 1210. The van der Waals surface area contributed by atoms with Crippen LogP contribution in [0.3, 0.4) is 0 Å². The van der Waals surface area contributed by atoms with Gasteiger partial charge < -0.3 is 29.5 Å². The van der Waals surface area contributed by atoms with Crippen molar-refractivity contribution in [2.24, 2.45) is 0 Å². The molecule has 9 nitrogen and oxygen atoms in total. The summed E-state index contributed by atoms with van der Waals surface area (Å²) in [7, 11) is 0. The van der Waals surface area contributed by atoms with E-state index in [1.165, 1.54) is 6.07 Å². The van der Waals surface area contributed by atoms with Gasteiger partial charge in [0, 0.05) is 19.0 Å². The van der Waals surface area contributed by atoms with Crippen molar-refractivity contribution < 1.29 is 33.8 Å². The number of nitrogens with zero attached hydrogens (tertiary/aromatic N) is 1. The highest BCUT2D eigenvalue weighted by Gasteiger charge is 2.26. The minimum atomic E-state index is -0.430. The van der Waals surface area contributed by atoms with Crippen LogP contribution in [0.15, 0.2) is 40.9 Å². The number of hydrogen-bond acceptors (Lipinski definition) is 8. The smallest absolute Gasteiger partial charge is 0.305 e. The molecular formula is C27H31ClN2O7. The lowest BCUT2D eigenvalue weighted by Gasteiger charge is -2.10. The zero-order valence-corrected chi connectivity index (χ0v) is 21.6. The molecule has 3 aromatic rings. The van der Waals surface area contributed by atoms with Crippen LogP contribution in [0.1, 0.15) is 56.4 Å². The summed E-state index contributed by atoms with van der Waals surface area (Å²) in [6.45, 7) is 4.92. The number of benzene rings is 2. The summed E-state index contributed by atoms with van der Waals surface area (Å²) in [5.74, 6) is -0.355. The van der Waals surface area contributed by atoms with Gasteiger partial charge in [-0.15, -0.1) is 0 Å². The number of phenols is 2. The monoisotopic (exact) mass is 530 g/mol. The summed E-state index contributed by atoms with van der Waals surface area (Å²) in [6.07, 6.45) is 3.95. The predicted octanol–water partition coefficient (Wildman–Crippen LogP) is 5.72. The zero-order chi connectivity index (χ0) is 26.8. The fourth-order valence-electron chi connectivity index (χ4n) is 3.74. The largest absolute Gasteiger partial charge is 0.507 e. The van der Waals surface area contributed by atoms with Gasteiger partial charge in [-0.2, -0.15) is 0 Å². The predicted molar refractivity (Wildman–Crippen MR) is 139 cm³/mol. The second-order valence-corrected chi connectivity index (χ2v) is 8.66. The molecule has 0 unspecified atom stereocenters. The van der Waals surface area contributed by atoms with E-state index in [0.29, 0.717) is 43.1 Å². The molecule has 37 heavy (non-hydrogen) atoms. The average Bonchev–Trinajstić information content (AvgIpc) is 3.31. The van der Waals surface area contributed by atoms with Gasteiger partial charge in [-0.25, -0.2) is 0 Å². The summed E-state index contributed by atoms with van der Waals surface area (Å²) >= 11 is 6.05. The van der Waals surface area contributed by atoms with Gasteiger partial charge in [-0.05, 0) is 50.5 Å². The highest BCUT2D eigenvalue weighted by molar-refractivity contribution is 6.32. The third-order valence-electron chi connectivity index (χ3n) is 5.55. The number of phenolic OH excluding ortho intramolecular Hbond substituents is 2. The second-order valence-electron chi connectivity index (χ2n) is 8.26. The van der Waals surface area contributed by atoms with Crippen LogP contribution in [-0.4, -0.2) is 47.0 Å². The van der Waals surface area contributed by atoms with Crippen LogP contribution in [0.25, 0.3) is 22.5 Å². The van der Waals surface area contributed by atoms with E-state index in [2.05, 4.69) is 10.5 Å². The van der Waals surface area contributed by atoms with Gasteiger partial charge in [-0.1, -0.05) is 41.7 Å². The van der Waals surface area contributed by atoms with E-state index in [1.54, 1.807) is 38.1 Å². The van der Waals surface area contributed by atoms with Crippen molar-refractivity contribution in [1.82, 2.24) is 10.5 Å². The van der Waals surface area contributed by atoms with Crippen LogP contribution in [0.2, 0.25) is 5.02 Å². The Morgan fingerprint density at radius 3 is 2.46 bits per heavy atom. The molecular weight excluding hydrogens is 500 g/mol. The average molecular weight is 531 g/mol. The molecule has 0 saturated carbocycles. The molecule has 1 amide bonds. The van der Waals surface area contributed by atoms with E-state index in [4.69, 9.17) is 25.6 Å². The van der Waals surface area contributed by atoms with Gasteiger partial charge >= 0.3 is 5.97 Å². The number of aromatic nitrogens is 1. The number of carbonyl (C=O) groups is 2. The Morgan fingerprint density at radius 1 is 1.03 bits per heavy atom. The number of nitrogens with one attached hydrogen (secondary N) is 1. The third-order valence-corrected chi connectivity index (χ3v) is 5.85. The second kappa shape index (κ2) is 13.5. The molecule has 1 aromatic heterocycles. The molecule has 3 rings (SSSR count). The van der Waals surface area contributed by atoms with E-state index in [0.717, 1.165) is 31.7 Å². The van der Waals surface area contributed by atoms with Crippen LogP contribution < -0.4 is 10.1 Å². The van der Waals surface area contributed by atoms with Crippen LogP contribution in [-0.2, 0) is 9.53 Å². The minimum Gasteiger partial charge on any atom is -0.507 e. The van der Waals surface area contributed by atoms with Crippen molar-refractivity contribution in [3.63, 3.8) is 0 Å². The molecule has 0 saturated heterocycles. The molecule has 0 fully saturated rings. The van der Waals surface area contributed by atoms with Crippen LogP contribution in [0, 0.1) is 0 Å². The molecule has 1 heterocycles. The van der Waals surface area contributed by atoms with Crippen LogP contribution in [0.5, 0.6) is 17.2 Å². The van der Waals surface area contributed by atoms with Gasteiger partial charge in [0.2, 0.25) is 0 Å². The molecule has 0 bridgehead atoms. The lowest BCUT2D eigenvalue weighted by atomic mass is 9.98. The molecule has 0 aliphatic heterocycles. The number of rotatable bonds is 13. The maximum atomic E-state index is 12.7. The van der Waals surface area contributed by atoms with Crippen molar-refractivity contribution in [2.45, 2.75) is 46.0 Å². The van der Waals surface area contributed by atoms with E-state index in [9.17, 15) is 19.8 Å². The summed E-state index contributed by atoms with van der Waals surface area (Å²) < 4.78 is 16.2. The molecule has 0 spiro atoms. The molecule has 0 atom stereocenters. The summed E-state index contributed by atoms with van der Waals surface area (Å²) in [5.41, 5.74) is 1.23. The van der Waals surface area contributed by atoms with Gasteiger partial charge in [-0.3, -0.25) is 9.59 Å². The number of carbonyl (C=O) groups excluding carboxylic acids is 2. The quantitative estimate of drug-likeness (QED) is 0.189. The number of esters is 1. The van der Waals surface area contributed by atoms with Crippen molar-refractivity contribution >= 4 is 23.5 Å². The molecule has 0 aliphatic carbocycles. The SMILES string of the molecule is CCNC(=O)c1noc(-c2cc(Cl)c(O)cc2O)c1-c1ccc(OCCCCCCC(=O)OCC)cc1. The van der Waals surface area contributed by atoms with E-state index >= 15 is 0 Å². The number of ether oxygens (including phenoxy) is 2. The number of unbranched alkanes of at least 4 members (excludes halogenated alkanes) is 3. The maximum absolute atomic E-state index is 12.7. The zero-order valence-electron chi connectivity index (χ0n) is 20.9. The molecule has 0 aliphatic rings. The summed E-state index contributed by atoms with van der Waals surface area (Å²) in [6, 6.07) is 9.54. The third kappa shape index (κ3) is 7.39. The highest BCUT2D eigenvalue weighted by Crippen LogP contribution is 2.43. The highest BCUT2D eigenvalue weighted by atomic mass is 35.5. The minimum absolute atomic E-state index is 0.0133. The Balaban J connectivity index is 1.71. The van der Waals surface area contributed by atoms with Crippen molar-refractivity contribution in [3.05, 3.63) is 47.1 Å². The molecule has 0 radical (unpaired) electrons. The number of hydrogen-bond donors (Lipinski definition) is 3. The summed E-state index contributed by atoms with van der Waals surface area (Å²) in [4.78, 5) is 24.0. The van der Waals surface area contributed by atoms with Crippen molar-refractivity contribution in [3.8, 4) is 39.7 Å². The molecule has 3 N–H and O–H groups in total. The Hall–Kier alpha value is -3.72. The maximum Gasteiger partial charge on any atom is 0.305 e. The lowest BCUT2D eigenvalue weighted by molar-refractivity contribution is -0.143. The van der Waals surface area contributed by atoms with E-state index in [1.807, 2.05) is 0 Å². The first-order chi connectivity index (χ1) is 17.8. The van der Waals surface area contributed by atoms with Gasteiger partial charge in [0.05, 0.1) is 29.4 Å². The number of halogens is 1. The number of amides is 1.